The van der Waals surface area contributed by atoms with Crippen LogP contribution in [0.4, 0.5) is 0 Å². The molecule has 0 saturated carbocycles. The van der Waals surface area contributed by atoms with Gasteiger partial charge in [-0.2, -0.15) is 0 Å². The molecule has 0 bridgehead atoms. The van der Waals surface area contributed by atoms with Crippen LogP contribution in [0.5, 0.6) is 0 Å². The SMILES string of the molecule is CC/C=C\C/C=C\C/C=C\C/C=C\CCC(=O)NC(COP(=O)(O)OCC[N+](C)(C)C)C(O)/C=C/CC/C=C/CCCCCCCCCCCCCCCCCCCCCCCCCCCC. The van der Waals surface area contributed by atoms with Gasteiger partial charge >= 0.3 is 7.82 Å². The van der Waals surface area contributed by atoms with Crippen molar-refractivity contribution in [2.75, 3.05) is 40.9 Å². The molecule has 0 spiro atoms. The molecule has 0 aromatic rings. The summed E-state index contributed by atoms with van der Waals surface area (Å²) in [6, 6.07) is -0.905. The van der Waals surface area contributed by atoms with Crippen molar-refractivity contribution in [2.24, 2.45) is 0 Å². The van der Waals surface area contributed by atoms with Crippen LogP contribution in [0.15, 0.2) is 72.9 Å². The molecule has 0 aliphatic carbocycles. The van der Waals surface area contributed by atoms with Crippen LogP contribution in [0.25, 0.3) is 0 Å². The van der Waals surface area contributed by atoms with Gasteiger partial charge in [-0.05, 0) is 57.8 Å². The molecule has 390 valence electrons. The van der Waals surface area contributed by atoms with E-state index in [9.17, 15) is 19.4 Å². The Hall–Kier alpha value is -2.06. The van der Waals surface area contributed by atoms with Gasteiger partial charge in [-0.3, -0.25) is 13.8 Å². The van der Waals surface area contributed by atoms with Crippen molar-refractivity contribution in [1.29, 1.82) is 0 Å². The first-order chi connectivity index (χ1) is 32.5. The second-order valence-electron chi connectivity index (χ2n) is 19.9. The van der Waals surface area contributed by atoms with Crippen LogP contribution >= 0.6 is 7.82 Å². The number of hydrogen-bond donors (Lipinski definition) is 3. The van der Waals surface area contributed by atoms with Gasteiger partial charge in [-0.15, -0.1) is 0 Å². The topological polar surface area (TPSA) is 105 Å². The normalized spacial score (nSPS) is 14.6. The number of nitrogens with zero attached hydrogens (tertiary/aromatic N) is 1. The van der Waals surface area contributed by atoms with Crippen LogP contribution < -0.4 is 5.32 Å². The summed E-state index contributed by atoms with van der Waals surface area (Å²) in [6.45, 7) is 4.62. The molecule has 0 aliphatic rings. The highest BCUT2D eigenvalue weighted by Gasteiger charge is 2.27. The molecule has 0 saturated heterocycles. The zero-order chi connectivity index (χ0) is 49.2. The van der Waals surface area contributed by atoms with Crippen molar-refractivity contribution in [3.63, 3.8) is 0 Å². The van der Waals surface area contributed by atoms with E-state index in [1.165, 1.54) is 167 Å². The summed E-state index contributed by atoms with van der Waals surface area (Å²) in [7, 11) is 1.51. The number of phosphoric acid groups is 1. The Kier molecular flexibility index (Phi) is 47.4. The third kappa shape index (κ3) is 51.6. The van der Waals surface area contributed by atoms with Crippen molar-refractivity contribution >= 4 is 13.7 Å². The molecule has 9 heteroatoms. The third-order valence-electron chi connectivity index (χ3n) is 12.2. The summed E-state index contributed by atoms with van der Waals surface area (Å²) in [5, 5.41) is 13.8. The molecule has 0 rings (SSSR count). The number of rotatable bonds is 50. The Labute approximate surface area is 414 Å². The van der Waals surface area contributed by atoms with E-state index in [1.807, 2.05) is 39.4 Å². The second kappa shape index (κ2) is 48.9. The largest absolute Gasteiger partial charge is 0.472 e. The van der Waals surface area contributed by atoms with Gasteiger partial charge in [0.1, 0.15) is 13.2 Å². The summed E-state index contributed by atoms with van der Waals surface area (Å²) in [5.41, 5.74) is 0. The van der Waals surface area contributed by atoms with Gasteiger partial charge in [0.25, 0.3) is 0 Å². The van der Waals surface area contributed by atoms with Crippen molar-refractivity contribution in [3.05, 3.63) is 72.9 Å². The van der Waals surface area contributed by atoms with Crippen LogP contribution in [0.2, 0.25) is 0 Å². The number of hydrogen-bond acceptors (Lipinski definition) is 5. The Morgan fingerprint density at radius 1 is 0.522 bits per heavy atom. The van der Waals surface area contributed by atoms with Crippen molar-refractivity contribution in [3.8, 4) is 0 Å². The van der Waals surface area contributed by atoms with Gasteiger partial charge in [0, 0.05) is 6.42 Å². The lowest BCUT2D eigenvalue weighted by molar-refractivity contribution is -0.870. The van der Waals surface area contributed by atoms with E-state index in [0.29, 0.717) is 17.4 Å². The molecule has 3 N–H and O–H groups in total. The van der Waals surface area contributed by atoms with E-state index in [2.05, 4.69) is 67.8 Å². The molecular formula is C58H108N2O6P+. The van der Waals surface area contributed by atoms with Gasteiger partial charge in [0.15, 0.2) is 0 Å². The number of allylic oxidation sites excluding steroid dienone is 11. The summed E-state index contributed by atoms with van der Waals surface area (Å²) < 4.78 is 23.6. The standard InChI is InChI=1S/C58H107N2O6P/c1-6-8-10-12-14-16-18-20-21-22-23-24-25-26-27-28-29-30-31-32-33-34-35-36-37-38-40-41-43-45-47-49-51-57(61)56(55-66-67(63,64)65-54-53-60(3,4)5)59-58(62)52-50-48-46-44-42-39-19-17-15-13-11-9-7-2/h9,11,15,17,39,41-43,46,48-49,51,56-57,61H,6-8,10,12-14,16,18-38,40,44-45,47,50,52-55H2,1-5H3,(H-,59,62,63,64)/p+1/b11-9-,17-15-,42-39-,43-41+,48-46-,51-49+. The number of amides is 1. The second-order valence-corrected chi connectivity index (χ2v) is 21.4. The van der Waals surface area contributed by atoms with Gasteiger partial charge in [0.2, 0.25) is 5.91 Å². The zero-order valence-corrected chi connectivity index (χ0v) is 45.3. The maximum absolute atomic E-state index is 12.8. The average Bonchev–Trinajstić information content (AvgIpc) is 3.29. The Morgan fingerprint density at radius 3 is 1.36 bits per heavy atom. The number of aliphatic hydroxyl groups is 1. The average molecular weight is 960 g/mol. The van der Waals surface area contributed by atoms with Crippen LogP contribution in [0.1, 0.15) is 239 Å². The van der Waals surface area contributed by atoms with E-state index >= 15 is 0 Å². The van der Waals surface area contributed by atoms with E-state index in [0.717, 1.165) is 44.9 Å². The lowest BCUT2D eigenvalue weighted by Gasteiger charge is -2.25. The maximum Gasteiger partial charge on any atom is 0.472 e. The fraction of sp³-hybridized carbons (Fsp3) is 0.776. The Bertz CT molecular complexity index is 1320. The first-order valence-corrected chi connectivity index (χ1v) is 29.3. The number of quaternary nitrogens is 1. The number of nitrogens with one attached hydrogen (secondary N) is 1. The first kappa shape index (κ1) is 64.9. The monoisotopic (exact) mass is 960 g/mol. The molecule has 0 fully saturated rings. The molecular weight excluding hydrogens is 852 g/mol. The van der Waals surface area contributed by atoms with Gasteiger partial charge < -0.3 is 19.8 Å². The molecule has 8 nitrogen and oxygen atoms in total. The fourth-order valence-corrected chi connectivity index (χ4v) is 8.57. The minimum atomic E-state index is -4.37. The number of aliphatic hydroxyl groups excluding tert-OH is 1. The number of likely N-dealkylation sites (N-methyl/N-ethyl adjacent to an activating group) is 1. The van der Waals surface area contributed by atoms with Crippen LogP contribution in [0, 0.1) is 0 Å². The number of carbonyl (C=O) groups is 1. The van der Waals surface area contributed by atoms with Gasteiger partial charge in [-0.25, -0.2) is 4.57 Å². The van der Waals surface area contributed by atoms with Crippen molar-refractivity contribution in [2.45, 2.75) is 251 Å². The van der Waals surface area contributed by atoms with Crippen molar-refractivity contribution < 1.29 is 32.9 Å². The highest BCUT2D eigenvalue weighted by molar-refractivity contribution is 7.47. The van der Waals surface area contributed by atoms with E-state index in [1.54, 1.807) is 6.08 Å². The molecule has 0 aromatic heterocycles. The summed E-state index contributed by atoms with van der Waals surface area (Å²) in [5.74, 6) is -0.267. The smallest absolute Gasteiger partial charge is 0.387 e. The molecule has 3 unspecified atom stereocenters. The lowest BCUT2D eigenvalue weighted by atomic mass is 10.0. The lowest BCUT2D eigenvalue weighted by Crippen LogP contribution is -2.45. The van der Waals surface area contributed by atoms with Gasteiger partial charge in [-0.1, -0.05) is 247 Å². The van der Waals surface area contributed by atoms with Crippen LogP contribution in [0.3, 0.4) is 0 Å². The molecule has 0 aliphatic heterocycles. The predicted octanol–water partition coefficient (Wildman–Crippen LogP) is 16.7. The molecule has 3 atom stereocenters. The third-order valence-corrected chi connectivity index (χ3v) is 13.2. The van der Waals surface area contributed by atoms with E-state index in [4.69, 9.17) is 9.05 Å². The highest BCUT2D eigenvalue weighted by Crippen LogP contribution is 2.43. The van der Waals surface area contributed by atoms with Gasteiger partial charge in [0.05, 0.1) is 39.9 Å². The number of phosphoric ester groups is 1. The number of carbonyl (C=O) groups excluding carboxylic acids is 1. The zero-order valence-electron chi connectivity index (χ0n) is 44.4. The molecule has 67 heavy (non-hydrogen) atoms. The quantitative estimate of drug-likeness (QED) is 0.0243. The Balaban J connectivity index is 4.17. The minimum Gasteiger partial charge on any atom is -0.387 e. The predicted molar refractivity (Wildman–Crippen MR) is 290 cm³/mol. The van der Waals surface area contributed by atoms with Crippen LogP contribution in [-0.4, -0.2) is 73.4 Å². The Morgan fingerprint density at radius 2 is 0.910 bits per heavy atom. The number of unbranched alkanes of at least 4 members (excludes halogenated alkanes) is 27. The van der Waals surface area contributed by atoms with E-state index < -0.39 is 20.0 Å². The van der Waals surface area contributed by atoms with Crippen LogP contribution in [-0.2, 0) is 18.4 Å². The minimum absolute atomic E-state index is 0.0405. The molecule has 0 heterocycles. The fourth-order valence-electron chi connectivity index (χ4n) is 7.83. The van der Waals surface area contributed by atoms with Crippen molar-refractivity contribution in [1.82, 2.24) is 5.32 Å². The molecule has 0 radical (unpaired) electrons. The molecule has 0 aromatic carbocycles. The molecule has 1 amide bonds. The maximum atomic E-state index is 12.8. The summed E-state index contributed by atoms with van der Waals surface area (Å²) in [4.78, 5) is 23.1. The first-order valence-electron chi connectivity index (χ1n) is 27.8. The van der Waals surface area contributed by atoms with E-state index in [-0.39, 0.29) is 25.5 Å². The summed E-state index contributed by atoms with van der Waals surface area (Å²) >= 11 is 0. The highest BCUT2D eigenvalue weighted by atomic mass is 31.2. The summed E-state index contributed by atoms with van der Waals surface area (Å²) in [6.07, 6.45) is 67.7.